The average Bonchev–Trinajstić information content (AvgIpc) is 2.29. The number of aromatic nitrogens is 1. The Kier molecular flexibility index (Phi) is 5.25. The quantitative estimate of drug-likeness (QED) is 0.683. The summed E-state index contributed by atoms with van der Waals surface area (Å²) in [4.78, 5) is 14.7. The fourth-order valence-electron chi connectivity index (χ4n) is 1.78. The second-order valence-electron chi connectivity index (χ2n) is 4.67. The van der Waals surface area contributed by atoms with Crippen LogP contribution in [0.2, 0.25) is 0 Å². The molecule has 0 amide bonds. The van der Waals surface area contributed by atoms with Gasteiger partial charge >= 0.3 is 5.97 Å². The number of pyridine rings is 1. The number of carboxylic acids is 1. The zero-order valence-corrected chi connectivity index (χ0v) is 10.8. The normalized spacial score (nSPS) is 14.2. The lowest BCUT2D eigenvalue weighted by Gasteiger charge is -2.22. The number of nitrogens with zero attached hydrogens (tertiary/aromatic N) is 1. The van der Waals surface area contributed by atoms with Crippen molar-refractivity contribution in [2.24, 2.45) is 0 Å². The molecule has 0 aromatic carbocycles. The molecular formula is C13H20N2O3. The van der Waals surface area contributed by atoms with E-state index in [4.69, 9.17) is 5.11 Å². The fraction of sp³-hybridized carbons (Fsp3) is 0.538. The molecule has 3 N–H and O–H groups in total. The minimum absolute atomic E-state index is 0.0367. The summed E-state index contributed by atoms with van der Waals surface area (Å²) in [7, 11) is 0. The number of hydrogen-bond donors (Lipinski definition) is 3. The molecule has 5 heteroatoms. The van der Waals surface area contributed by atoms with Crippen molar-refractivity contribution in [1.29, 1.82) is 0 Å². The van der Waals surface area contributed by atoms with Crippen LogP contribution in [0.1, 0.15) is 42.9 Å². The van der Waals surface area contributed by atoms with E-state index in [0.29, 0.717) is 18.8 Å². The third kappa shape index (κ3) is 4.81. The first kappa shape index (κ1) is 14.6. The largest absolute Gasteiger partial charge is 0.477 e. The van der Waals surface area contributed by atoms with Crippen LogP contribution in [0.15, 0.2) is 18.2 Å². The van der Waals surface area contributed by atoms with Crippen LogP contribution in [0, 0.1) is 0 Å². The van der Waals surface area contributed by atoms with E-state index in [-0.39, 0.29) is 5.69 Å². The van der Waals surface area contributed by atoms with E-state index >= 15 is 0 Å². The summed E-state index contributed by atoms with van der Waals surface area (Å²) in [6.07, 6.45) is 1.64. The van der Waals surface area contributed by atoms with Crippen molar-refractivity contribution in [2.75, 3.05) is 6.54 Å². The molecule has 0 spiro atoms. The molecule has 0 aliphatic carbocycles. The van der Waals surface area contributed by atoms with Crippen molar-refractivity contribution in [3.8, 4) is 0 Å². The highest BCUT2D eigenvalue weighted by molar-refractivity contribution is 5.85. The smallest absolute Gasteiger partial charge is 0.354 e. The molecule has 0 saturated carbocycles. The number of hydrogen-bond acceptors (Lipinski definition) is 4. The highest BCUT2D eigenvalue weighted by atomic mass is 16.4. The summed E-state index contributed by atoms with van der Waals surface area (Å²) < 4.78 is 0. The van der Waals surface area contributed by atoms with Crippen LogP contribution in [0.5, 0.6) is 0 Å². The molecule has 0 fully saturated rings. The van der Waals surface area contributed by atoms with Gasteiger partial charge in [-0.3, -0.25) is 0 Å². The summed E-state index contributed by atoms with van der Waals surface area (Å²) in [6, 6.07) is 4.88. The average molecular weight is 252 g/mol. The molecule has 1 rings (SSSR count). The van der Waals surface area contributed by atoms with Crippen molar-refractivity contribution in [2.45, 2.75) is 38.8 Å². The molecule has 5 nitrogen and oxygen atoms in total. The zero-order chi connectivity index (χ0) is 13.6. The molecule has 1 atom stereocenters. The molecular weight excluding hydrogens is 232 g/mol. The van der Waals surface area contributed by atoms with Crippen molar-refractivity contribution < 1.29 is 15.0 Å². The number of aromatic carboxylic acids is 1. The molecule has 1 heterocycles. The van der Waals surface area contributed by atoms with Gasteiger partial charge in [0.25, 0.3) is 0 Å². The molecule has 1 aromatic heterocycles. The summed E-state index contributed by atoms with van der Waals surface area (Å²) in [5, 5.41) is 21.9. The molecule has 0 saturated heterocycles. The Bertz CT molecular complexity index is 405. The number of nitrogens with one attached hydrogen (secondary N) is 1. The lowest BCUT2D eigenvalue weighted by molar-refractivity contribution is 0.0496. The molecule has 100 valence electrons. The Hall–Kier alpha value is -1.46. The highest BCUT2D eigenvalue weighted by Crippen LogP contribution is 2.10. The van der Waals surface area contributed by atoms with E-state index in [1.165, 1.54) is 6.07 Å². The van der Waals surface area contributed by atoms with Gasteiger partial charge in [-0.1, -0.05) is 19.4 Å². The summed E-state index contributed by atoms with van der Waals surface area (Å²) in [5.41, 5.74) is -0.0454. The van der Waals surface area contributed by atoms with Gasteiger partial charge in [0.1, 0.15) is 5.69 Å². The summed E-state index contributed by atoms with van der Waals surface area (Å²) >= 11 is 0. The summed E-state index contributed by atoms with van der Waals surface area (Å²) in [6.45, 7) is 4.71. The molecule has 0 bridgehead atoms. The van der Waals surface area contributed by atoms with E-state index in [1.807, 2.05) is 6.92 Å². The molecule has 18 heavy (non-hydrogen) atoms. The van der Waals surface area contributed by atoms with Gasteiger partial charge in [0.15, 0.2) is 0 Å². The lowest BCUT2D eigenvalue weighted by Crippen LogP contribution is -2.37. The molecule has 0 radical (unpaired) electrons. The summed E-state index contributed by atoms with van der Waals surface area (Å²) in [5.74, 6) is -1.03. The molecule has 0 aliphatic heterocycles. The standard InChI is InChI=1S/C13H20N2O3/c1-3-7-13(2,18)9-14-8-10-5-4-6-11(15-10)12(16)17/h4-6,14,18H,3,7-9H2,1-2H3,(H,16,17). The minimum atomic E-state index is -1.03. The van der Waals surface area contributed by atoms with E-state index < -0.39 is 11.6 Å². The van der Waals surface area contributed by atoms with Crippen molar-refractivity contribution in [3.05, 3.63) is 29.6 Å². The maximum Gasteiger partial charge on any atom is 0.354 e. The highest BCUT2D eigenvalue weighted by Gasteiger charge is 2.18. The third-order valence-corrected chi connectivity index (χ3v) is 2.63. The van der Waals surface area contributed by atoms with Crippen LogP contribution in [-0.2, 0) is 6.54 Å². The maximum absolute atomic E-state index is 10.7. The fourth-order valence-corrected chi connectivity index (χ4v) is 1.78. The van der Waals surface area contributed by atoms with Crippen molar-refractivity contribution in [3.63, 3.8) is 0 Å². The first-order valence-corrected chi connectivity index (χ1v) is 6.07. The predicted octanol–water partition coefficient (Wildman–Crippen LogP) is 1.42. The van der Waals surface area contributed by atoms with Gasteiger partial charge in [-0.05, 0) is 25.5 Å². The number of rotatable bonds is 7. The van der Waals surface area contributed by atoms with Crippen molar-refractivity contribution in [1.82, 2.24) is 10.3 Å². The SMILES string of the molecule is CCCC(C)(O)CNCc1cccc(C(=O)O)n1. The monoisotopic (exact) mass is 252 g/mol. The minimum Gasteiger partial charge on any atom is -0.477 e. The first-order chi connectivity index (χ1) is 8.44. The van der Waals surface area contributed by atoms with Gasteiger partial charge in [0, 0.05) is 13.1 Å². The number of carboxylic acid groups (broad SMARTS) is 1. The predicted molar refractivity (Wildman–Crippen MR) is 68.4 cm³/mol. The third-order valence-electron chi connectivity index (χ3n) is 2.63. The first-order valence-electron chi connectivity index (χ1n) is 6.07. The van der Waals surface area contributed by atoms with Gasteiger partial charge in [-0.25, -0.2) is 9.78 Å². The van der Waals surface area contributed by atoms with E-state index in [2.05, 4.69) is 10.3 Å². The zero-order valence-electron chi connectivity index (χ0n) is 10.8. The second-order valence-corrected chi connectivity index (χ2v) is 4.67. The van der Waals surface area contributed by atoms with E-state index in [1.54, 1.807) is 19.1 Å². The Morgan fingerprint density at radius 2 is 2.22 bits per heavy atom. The van der Waals surface area contributed by atoms with E-state index in [0.717, 1.165) is 12.8 Å². The van der Waals surface area contributed by atoms with Crippen LogP contribution in [0.4, 0.5) is 0 Å². The van der Waals surface area contributed by atoms with Gasteiger partial charge in [0.2, 0.25) is 0 Å². The Balaban J connectivity index is 2.49. The van der Waals surface area contributed by atoms with Crippen LogP contribution in [0.25, 0.3) is 0 Å². The Labute approximate surface area is 107 Å². The molecule has 1 unspecified atom stereocenters. The maximum atomic E-state index is 10.7. The molecule has 1 aromatic rings. The van der Waals surface area contributed by atoms with Gasteiger partial charge in [-0.15, -0.1) is 0 Å². The topological polar surface area (TPSA) is 82.5 Å². The Morgan fingerprint density at radius 1 is 1.50 bits per heavy atom. The van der Waals surface area contributed by atoms with Crippen molar-refractivity contribution >= 4 is 5.97 Å². The van der Waals surface area contributed by atoms with Crippen LogP contribution < -0.4 is 5.32 Å². The molecule has 0 aliphatic rings. The van der Waals surface area contributed by atoms with E-state index in [9.17, 15) is 9.90 Å². The van der Waals surface area contributed by atoms with Gasteiger partial charge < -0.3 is 15.5 Å². The van der Waals surface area contributed by atoms with Crippen LogP contribution in [0.3, 0.4) is 0 Å². The lowest BCUT2D eigenvalue weighted by atomic mass is 10.0. The second kappa shape index (κ2) is 6.47. The van der Waals surface area contributed by atoms with Crippen LogP contribution in [-0.4, -0.2) is 33.3 Å². The van der Waals surface area contributed by atoms with Gasteiger partial charge in [0.05, 0.1) is 11.3 Å². The number of carbonyl (C=O) groups is 1. The van der Waals surface area contributed by atoms with Gasteiger partial charge in [-0.2, -0.15) is 0 Å². The Morgan fingerprint density at radius 3 is 2.83 bits per heavy atom. The van der Waals surface area contributed by atoms with Crippen LogP contribution >= 0.6 is 0 Å². The number of aliphatic hydroxyl groups is 1.